The molecular formula is C14H15F2NO2S. The molecule has 1 spiro atoms. The number of amides is 1. The van der Waals surface area contributed by atoms with Gasteiger partial charge in [-0.3, -0.25) is 4.79 Å². The zero-order valence-electron chi connectivity index (χ0n) is 10.9. The lowest BCUT2D eigenvalue weighted by Gasteiger charge is -2.37. The molecule has 0 saturated carbocycles. The van der Waals surface area contributed by atoms with Gasteiger partial charge in [0.05, 0.1) is 6.61 Å². The Balaban J connectivity index is 1.73. The van der Waals surface area contributed by atoms with Crippen molar-refractivity contribution in [1.82, 2.24) is 4.90 Å². The van der Waals surface area contributed by atoms with E-state index in [4.69, 9.17) is 4.74 Å². The maximum absolute atomic E-state index is 13.6. The molecule has 6 heteroatoms. The lowest BCUT2D eigenvalue weighted by Crippen LogP contribution is -2.45. The number of hydrogen-bond donors (Lipinski definition) is 0. The van der Waals surface area contributed by atoms with Crippen LogP contribution in [0.4, 0.5) is 8.78 Å². The van der Waals surface area contributed by atoms with Gasteiger partial charge >= 0.3 is 0 Å². The predicted octanol–water partition coefficient (Wildman–Crippen LogP) is 2.66. The van der Waals surface area contributed by atoms with Crippen LogP contribution in [0, 0.1) is 11.6 Å². The lowest BCUT2D eigenvalue weighted by molar-refractivity contribution is 0.00330. The number of carbonyl (C=O) groups is 1. The maximum atomic E-state index is 13.6. The van der Waals surface area contributed by atoms with Gasteiger partial charge in [-0.15, -0.1) is 11.8 Å². The highest BCUT2D eigenvalue weighted by Crippen LogP contribution is 2.41. The molecule has 0 aromatic heterocycles. The minimum atomic E-state index is -0.804. The molecule has 3 rings (SSSR count). The molecule has 2 aliphatic rings. The Morgan fingerprint density at radius 3 is 2.45 bits per heavy atom. The van der Waals surface area contributed by atoms with Crippen molar-refractivity contribution < 1.29 is 18.3 Å². The van der Waals surface area contributed by atoms with E-state index in [1.165, 1.54) is 11.0 Å². The molecule has 2 saturated heterocycles. The summed E-state index contributed by atoms with van der Waals surface area (Å²) >= 11 is 1.77. The van der Waals surface area contributed by atoms with Gasteiger partial charge in [-0.05, 0) is 12.1 Å². The normalized spacial score (nSPS) is 21.4. The van der Waals surface area contributed by atoms with E-state index in [1.54, 1.807) is 11.8 Å². The van der Waals surface area contributed by atoms with E-state index < -0.39 is 23.1 Å². The van der Waals surface area contributed by atoms with Crippen molar-refractivity contribution in [2.24, 2.45) is 0 Å². The fourth-order valence-corrected chi connectivity index (χ4v) is 3.87. The van der Waals surface area contributed by atoms with E-state index in [9.17, 15) is 13.6 Å². The van der Waals surface area contributed by atoms with Crippen LogP contribution in [0.25, 0.3) is 0 Å². The Hall–Kier alpha value is -1.14. The summed E-state index contributed by atoms with van der Waals surface area (Å²) in [4.78, 5) is 13.6. The number of halogens is 2. The zero-order chi connectivity index (χ0) is 14.2. The number of rotatable bonds is 1. The van der Waals surface area contributed by atoms with Gasteiger partial charge in [0.2, 0.25) is 0 Å². The molecule has 0 bridgehead atoms. The van der Waals surface area contributed by atoms with E-state index in [0.29, 0.717) is 25.9 Å². The summed E-state index contributed by atoms with van der Waals surface area (Å²) in [5.74, 6) is -1.21. The molecular weight excluding hydrogens is 284 g/mol. The number of likely N-dealkylation sites (tertiary alicyclic amines) is 1. The summed E-state index contributed by atoms with van der Waals surface area (Å²) in [5, 5.41) is 0. The molecule has 0 aliphatic carbocycles. The third kappa shape index (κ3) is 2.42. The Morgan fingerprint density at radius 1 is 1.25 bits per heavy atom. The first-order valence-corrected chi connectivity index (χ1v) is 7.61. The standard InChI is InChI=1S/C14H15F2NO2S/c15-10-2-1-3-11(16)12(10)13(18)17-6-4-14(5-7-17)19-8-9-20-14/h1-3H,4-9H2. The van der Waals surface area contributed by atoms with Crippen LogP contribution < -0.4 is 0 Å². The van der Waals surface area contributed by atoms with E-state index in [2.05, 4.69) is 0 Å². The predicted molar refractivity (Wildman–Crippen MR) is 72.6 cm³/mol. The lowest BCUT2D eigenvalue weighted by atomic mass is 10.0. The first kappa shape index (κ1) is 13.8. The van der Waals surface area contributed by atoms with Crippen molar-refractivity contribution in [3.63, 3.8) is 0 Å². The molecule has 0 unspecified atom stereocenters. The van der Waals surface area contributed by atoms with Crippen LogP contribution in [-0.4, -0.2) is 41.2 Å². The molecule has 1 amide bonds. The van der Waals surface area contributed by atoms with Crippen LogP contribution in [0.2, 0.25) is 0 Å². The second kappa shape index (κ2) is 5.33. The van der Waals surface area contributed by atoms with Gasteiger partial charge in [0, 0.05) is 31.7 Å². The van der Waals surface area contributed by atoms with Gasteiger partial charge in [-0.1, -0.05) is 6.07 Å². The van der Waals surface area contributed by atoms with E-state index in [1.807, 2.05) is 0 Å². The first-order valence-electron chi connectivity index (χ1n) is 6.62. The molecule has 20 heavy (non-hydrogen) atoms. The quantitative estimate of drug-likeness (QED) is 0.798. The Bertz CT molecular complexity index is 502. The molecule has 3 nitrogen and oxygen atoms in total. The van der Waals surface area contributed by atoms with Gasteiger partial charge in [-0.2, -0.15) is 0 Å². The summed E-state index contributed by atoms with van der Waals surface area (Å²) in [6.07, 6.45) is 1.42. The van der Waals surface area contributed by atoms with Crippen molar-refractivity contribution in [3.05, 3.63) is 35.4 Å². The monoisotopic (exact) mass is 299 g/mol. The molecule has 2 aliphatic heterocycles. The number of carbonyl (C=O) groups excluding carboxylic acids is 1. The maximum Gasteiger partial charge on any atom is 0.259 e. The average Bonchev–Trinajstić information content (AvgIpc) is 2.87. The smallest absolute Gasteiger partial charge is 0.259 e. The third-order valence-electron chi connectivity index (χ3n) is 3.80. The molecule has 0 radical (unpaired) electrons. The summed E-state index contributed by atoms with van der Waals surface area (Å²) in [6.45, 7) is 1.68. The van der Waals surface area contributed by atoms with Crippen molar-refractivity contribution >= 4 is 17.7 Å². The molecule has 0 atom stereocenters. The second-order valence-corrected chi connectivity index (χ2v) is 6.44. The van der Waals surface area contributed by atoms with Gasteiger partial charge < -0.3 is 9.64 Å². The van der Waals surface area contributed by atoms with Crippen LogP contribution in [0.3, 0.4) is 0 Å². The van der Waals surface area contributed by atoms with Gasteiger partial charge in [-0.25, -0.2) is 8.78 Å². The van der Waals surface area contributed by atoms with Crippen molar-refractivity contribution in [1.29, 1.82) is 0 Å². The Labute approximate surface area is 120 Å². The summed E-state index contributed by atoms with van der Waals surface area (Å²) in [6, 6.07) is 3.48. The third-order valence-corrected chi connectivity index (χ3v) is 5.23. The highest BCUT2D eigenvalue weighted by Gasteiger charge is 2.40. The molecule has 0 N–H and O–H groups in total. The number of thioether (sulfide) groups is 1. The van der Waals surface area contributed by atoms with E-state index >= 15 is 0 Å². The number of ether oxygens (including phenoxy) is 1. The highest BCUT2D eigenvalue weighted by atomic mass is 32.2. The van der Waals surface area contributed by atoms with Crippen LogP contribution >= 0.6 is 11.8 Å². The number of benzene rings is 1. The minimum absolute atomic E-state index is 0.190. The highest BCUT2D eigenvalue weighted by molar-refractivity contribution is 8.00. The first-order chi connectivity index (χ1) is 9.61. The summed E-state index contributed by atoms with van der Waals surface area (Å²) in [5.41, 5.74) is -0.455. The van der Waals surface area contributed by atoms with E-state index in [0.717, 1.165) is 24.5 Å². The minimum Gasteiger partial charge on any atom is -0.363 e. The number of nitrogens with zero attached hydrogens (tertiary/aromatic N) is 1. The zero-order valence-corrected chi connectivity index (χ0v) is 11.7. The summed E-state index contributed by atoms with van der Waals surface area (Å²) < 4.78 is 33.0. The van der Waals surface area contributed by atoms with Crippen LogP contribution in [0.15, 0.2) is 18.2 Å². The summed E-state index contributed by atoms with van der Waals surface area (Å²) in [7, 11) is 0. The van der Waals surface area contributed by atoms with Crippen LogP contribution in [-0.2, 0) is 4.74 Å². The topological polar surface area (TPSA) is 29.5 Å². The molecule has 1 aromatic rings. The van der Waals surface area contributed by atoms with Crippen LogP contribution in [0.5, 0.6) is 0 Å². The Morgan fingerprint density at radius 2 is 1.90 bits per heavy atom. The van der Waals surface area contributed by atoms with Gasteiger partial charge in [0.1, 0.15) is 22.1 Å². The Kier molecular flexibility index (Phi) is 3.69. The van der Waals surface area contributed by atoms with Crippen molar-refractivity contribution in [2.45, 2.75) is 17.8 Å². The number of hydrogen-bond acceptors (Lipinski definition) is 3. The SMILES string of the molecule is O=C(c1c(F)cccc1F)N1CCC2(CC1)OCCS2. The van der Waals surface area contributed by atoms with E-state index in [-0.39, 0.29) is 4.93 Å². The second-order valence-electron chi connectivity index (χ2n) is 5.00. The van der Waals surface area contributed by atoms with Gasteiger partial charge in [0.25, 0.3) is 5.91 Å². The average molecular weight is 299 g/mol. The molecule has 2 heterocycles. The largest absolute Gasteiger partial charge is 0.363 e. The number of piperidine rings is 1. The molecule has 1 aromatic carbocycles. The molecule has 2 fully saturated rings. The van der Waals surface area contributed by atoms with Crippen molar-refractivity contribution in [2.75, 3.05) is 25.4 Å². The van der Waals surface area contributed by atoms with Crippen LogP contribution in [0.1, 0.15) is 23.2 Å². The van der Waals surface area contributed by atoms with Gasteiger partial charge in [0.15, 0.2) is 0 Å². The van der Waals surface area contributed by atoms with Crippen molar-refractivity contribution in [3.8, 4) is 0 Å². The fraction of sp³-hybridized carbons (Fsp3) is 0.500. The fourth-order valence-electron chi connectivity index (χ4n) is 2.70. The molecule has 108 valence electrons.